The van der Waals surface area contributed by atoms with E-state index in [4.69, 9.17) is 4.52 Å². The van der Waals surface area contributed by atoms with Gasteiger partial charge in [0.1, 0.15) is 6.04 Å². The first-order valence-electron chi connectivity index (χ1n) is 7.11. The van der Waals surface area contributed by atoms with E-state index in [1.54, 1.807) is 37.6 Å². The number of hydrogen-bond donors (Lipinski definition) is 1. The number of carbonyl (C=O) groups excluding carboxylic acids is 1. The minimum Gasteiger partial charge on any atom is -0.341 e. The normalized spacial score (nSPS) is 11.9. The van der Waals surface area contributed by atoms with Crippen molar-refractivity contribution in [3.63, 3.8) is 0 Å². The third-order valence-corrected chi connectivity index (χ3v) is 3.26. The fourth-order valence-electron chi connectivity index (χ4n) is 2.06. The summed E-state index contributed by atoms with van der Waals surface area (Å²) in [6.45, 7) is 3.68. The van der Waals surface area contributed by atoms with Crippen LogP contribution in [0.5, 0.6) is 0 Å². The molecule has 0 aliphatic heterocycles. The second-order valence-corrected chi connectivity index (χ2v) is 5.07. The molecule has 1 N–H and O–H groups in total. The summed E-state index contributed by atoms with van der Waals surface area (Å²) < 4.78 is 5.25. The van der Waals surface area contributed by atoms with Gasteiger partial charge in [-0.25, -0.2) is 0 Å². The first kappa shape index (κ1) is 14.8. The Bertz CT molecular complexity index is 816. The topological polar surface area (TPSA) is 93.8 Å². The maximum Gasteiger partial charge on any atom is 0.252 e. The molecule has 1 amide bonds. The largest absolute Gasteiger partial charge is 0.341 e. The fourth-order valence-corrected chi connectivity index (χ4v) is 2.06. The smallest absolute Gasteiger partial charge is 0.252 e. The van der Waals surface area contributed by atoms with Crippen LogP contribution in [0.2, 0.25) is 0 Å². The Labute approximate surface area is 132 Å². The Balaban J connectivity index is 1.74. The zero-order valence-electron chi connectivity index (χ0n) is 12.7. The van der Waals surface area contributed by atoms with Crippen molar-refractivity contribution in [1.82, 2.24) is 25.4 Å². The number of aryl methyl sites for hydroxylation is 1. The third-order valence-electron chi connectivity index (χ3n) is 3.26. The van der Waals surface area contributed by atoms with E-state index < -0.39 is 6.04 Å². The first-order chi connectivity index (χ1) is 11.1. The maximum atomic E-state index is 12.1. The highest BCUT2D eigenvalue weighted by Gasteiger charge is 2.18. The second-order valence-electron chi connectivity index (χ2n) is 5.07. The van der Waals surface area contributed by atoms with Gasteiger partial charge in [-0.2, -0.15) is 4.98 Å². The van der Waals surface area contributed by atoms with Gasteiger partial charge < -0.3 is 9.84 Å². The van der Waals surface area contributed by atoms with Crippen LogP contribution in [0.15, 0.2) is 47.4 Å². The minimum absolute atomic E-state index is 0.223. The Morgan fingerprint density at radius 3 is 2.74 bits per heavy atom. The summed E-state index contributed by atoms with van der Waals surface area (Å²) in [5.74, 6) is 0.590. The van der Waals surface area contributed by atoms with Gasteiger partial charge in [-0.3, -0.25) is 14.8 Å². The summed E-state index contributed by atoms with van der Waals surface area (Å²) in [5, 5.41) is 6.77. The fraction of sp³-hybridized carbons (Fsp3) is 0.188. The second kappa shape index (κ2) is 6.35. The average molecular weight is 309 g/mol. The number of rotatable bonds is 4. The zero-order chi connectivity index (χ0) is 16.2. The zero-order valence-corrected chi connectivity index (χ0v) is 12.7. The highest BCUT2D eigenvalue weighted by atomic mass is 16.5. The predicted octanol–water partition coefficient (Wildman–Crippen LogP) is 2.33. The van der Waals surface area contributed by atoms with Gasteiger partial charge >= 0.3 is 0 Å². The van der Waals surface area contributed by atoms with Crippen LogP contribution < -0.4 is 5.32 Å². The number of nitrogens with one attached hydrogen (secondary N) is 1. The maximum absolute atomic E-state index is 12.1. The summed E-state index contributed by atoms with van der Waals surface area (Å²) in [6.07, 6.45) is 4.82. The molecule has 0 fully saturated rings. The molecular formula is C16H15N5O2. The van der Waals surface area contributed by atoms with Gasteiger partial charge in [-0.05, 0) is 38.1 Å². The molecule has 0 aliphatic carbocycles. The van der Waals surface area contributed by atoms with Crippen molar-refractivity contribution in [1.29, 1.82) is 0 Å². The van der Waals surface area contributed by atoms with E-state index in [1.807, 2.05) is 19.1 Å². The van der Waals surface area contributed by atoms with Crippen molar-refractivity contribution < 1.29 is 9.32 Å². The molecule has 7 nitrogen and oxygen atoms in total. The van der Waals surface area contributed by atoms with Crippen LogP contribution in [-0.4, -0.2) is 26.0 Å². The molecule has 0 unspecified atom stereocenters. The molecule has 0 aromatic carbocycles. The van der Waals surface area contributed by atoms with E-state index >= 15 is 0 Å². The molecule has 7 heteroatoms. The molecule has 0 aliphatic rings. The van der Waals surface area contributed by atoms with Gasteiger partial charge in [0, 0.05) is 35.4 Å². The minimum atomic E-state index is -0.403. The summed E-state index contributed by atoms with van der Waals surface area (Å²) in [5.41, 5.74) is 2.21. The molecule has 0 bridgehead atoms. The molecule has 3 aromatic heterocycles. The Morgan fingerprint density at radius 2 is 2.00 bits per heavy atom. The number of hydrogen-bond acceptors (Lipinski definition) is 6. The lowest BCUT2D eigenvalue weighted by Crippen LogP contribution is -2.26. The van der Waals surface area contributed by atoms with Crippen LogP contribution in [0.1, 0.15) is 34.9 Å². The first-order valence-corrected chi connectivity index (χ1v) is 7.11. The van der Waals surface area contributed by atoms with E-state index in [0.717, 1.165) is 11.3 Å². The van der Waals surface area contributed by atoms with Crippen molar-refractivity contribution in [3.05, 3.63) is 60.0 Å². The molecule has 0 saturated carbocycles. The molecule has 116 valence electrons. The molecule has 0 saturated heterocycles. The Hall–Kier alpha value is -3.09. The lowest BCUT2D eigenvalue weighted by Gasteiger charge is -2.09. The van der Waals surface area contributed by atoms with E-state index in [0.29, 0.717) is 17.3 Å². The van der Waals surface area contributed by atoms with Gasteiger partial charge in [-0.1, -0.05) is 5.16 Å². The molecule has 0 spiro atoms. The summed E-state index contributed by atoms with van der Waals surface area (Å²) in [6, 6.07) is 6.55. The predicted molar refractivity (Wildman–Crippen MR) is 82.4 cm³/mol. The van der Waals surface area contributed by atoms with Crippen LogP contribution in [0, 0.1) is 6.92 Å². The van der Waals surface area contributed by atoms with Crippen molar-refractivity contribution >= 4 is 5.91 Å². The molecule has 23 heavy (non-hydrogen) atoms. The standard InChI is InChI=1S/C16H15N5O2/c1-10-9-13(5-8-18-10)14-20-16(23-21-14)11(2)19-15(22)12-3-6-17-7-4-12/h3-9,11H,1-2H3,(H,19,22)/t11-/m0/s1. The van der Waals surface area contributed by atoms with E-state index in [-0.39, 0.29) is 5.91 Å². The lowest BCUT2D eigenvalue weighted by molar-refractivity contribution is 0.0932. The Morgan fingerprint density at radius 1 is 1.22 bits per heavy atom. The number of aromatic nitrogens is 4. The molecule has 3 heterocycles. The van der Waals surface area contributed by atoms with E-state index in [2.05, 4.69) is 25.4 Å². The van der Waals surface area contributed by atoms with Crippen molar-refractivity contribution in [2.24, 2.45) is 0 Å². The van der Waals surface area contributed by atoms with E-state index in [9.17, 15) is 4.79 Å². The van der Waals surface area contributed by atoms with Gasteiger partial charge in [0.05, 0.1) is 0 Å². The number of amides is 1. The molecule has 1 atom stereocenters. The lowest BCUT2D eigenvalue weighted by atomic mass is 10.2. The summed E-state index contributed by atoms with van der Waals surface area (Å²) in [7, 11) is 0. The van der Waals surface area contributed by atoms with E-state index in [1.165, 1.54) is 0 Å². The van der Waals surface area contributed by atoms with Crippen molar-refractivity contribution in [2.75, 3.05) is 0 Å². The molecule has 3 rings (SSSR count). The molecular weight excluding hydrogens is 294 g/mol. The van der Waals surface area contributed by atoms with Crippen LogP contribution in [-0.2, 0) is 0 Å². The number of pyridine rings is 2. The van der Waals surface area contributed by atoms with Gasteiger partial charge in [0.25, 0.3) is 5.91 Å². The quantitative estimate of drug-likeness (QED) is 0.795. The van der Waals surface area contributed by atoms with Crippen LogP contribution in [0.4, 0.5) is 0 Å². The van der Waals surface area contributed by atoms with Crippen LogP contribution in [0.3, 0.4) is 0 Å². The van der Waals surface area contributed by atoms with Gasteiger partial charge in [0.15, 0.2) is 0 Å². The van der Waals surface area contributed by atoms with Crippen molar-refractivity contribution in [3.8, 4) is 11.4 Å². The van der Waals surface area contributed by atoms with Crippen LogP contribution >= 0.6 is 0 Å². The highest BCUT2D eigenvalue weighted by Crippen LogP contribution is 2.19. The monoisotopic (exact) mass is 309 g/mol. The molecule has 0 radical (unpaired) electrons. The number of nitrogens with zero attached hydrogens (tertiary/aromatic N) is 4. The van der Waals surface area contributed by atoms with Crippen LogP contribution in [0.25, 0.3) is 11.4 Å². The average Bonchev–Trinajstić information content (AvgIpc) is 3.06. The SMILES string of the molecule is Cc1cc(-c2noc([C@H](C)NC(=O)c3ccncc3)n2)ccn1. The van der Waals surface area contributed by atoms with Crippen molar-refractivity contribution in [2.45, 2.75) is 19.9 Å². The molecule has 3 aromatic rings. The summed E-state index contributed by atoms with van der Waals surface area (Å²) >= 11 is 0. The van der Waals surface area contributed by atoms with Gasteiger partial charge in [0.2, 0.25) is 11.7 Å². The highest BCUT2D eigenvalue weighted by molar-refractivity contribution is 5.94. The summed E-state index contributed by atoms with van der Waals surface area (Å²) in [4.78, 5) is 24.5. The Kier molecular flexibility index (Phi) is 4.09. The van der Waals surface area contributed by atoms with Gasteiger partial charge in [-0.15, -0.1) is 0 Å². The number of carbonyl (C=O) groups is 1. The third kappa shape index (κ3) is 3.39.